The molecule has 0 saturated carbocycles. The lowest BCUT2D eigenvalue weighted by Gasteiger charge is -2.35. The second kappa shape index (κ2) is 7.32. The molecule has 1 fully saturated rings. The molecule has 1 atom stereocenters. The molecule has 1 saturated heterocycles. The fraction of sp³-hybridized carbons (Fsp3) is 0.688. The van der Waals surface area contributed by atoms with Crippen molar-refractivity contribution in [1.82, 2.24) is 9.88 Å². The summed E-state index contributed by atoms with van der Waals surface area (Å²) in [6.07, 6.45) is 6.50. The van der Waals surface area contributed by atoms with E-state index in [1.807, 2.05) is 6.07 Å². The minimum atomic E-state index is -0.848. The first-order valence-electron chi connectivity index (χ1n) is 7.64. The highest BCUT2D eigenvalue weighted by atomic mass is 35.5. The molecule has 0 radical (unpaired) electrons. The van der Waals surface area contributed by atoms with Gasteiger partial charge in [0, 0.05) is 24.0 Å². The summed E-state index contributed by atoms with van der Waals surface area (Å²) in [6.45, 7) is 7.92. The second-order valence-electron chi connectivity index (χ2n) is 6.66. The van der Waals surface area contributed by atoms with E-state index in [0.717, 1.165) is 24.2 Å². The van der Waals surface area contributed by atoms with Crippen LogP contribution in [0, 0.1) is 10.3 Å². The summed E-state index contributed by atoms with van der Waals surface area (Å²) in [6, 6.07) is 3.65. The first kappa shape index (κ1) is 16.4. The zero-order valence-corrected chi connectivity index (χ0v) is 13.6. The van der Waals surface area contributed by atoms with Crippen LogP contribution in [0.5, 0.6) is 0 Å². The molecule has 1 aliphatic heterocycles. The summed E-state index contributed by atoms with van der Waals surface area (Å²) in [5, 5.41) is 2.93. The number of halogens is 1. The first-order chi connectivity index (χ1) is 10.0. The Labute approximate surface area is 131 Å². The predicted octanol–water partition coefficient (Wildman–Crippen LogP) is 4.14. The summed E-state index contributed by atoms with van der Waals surface area (Å²) >= 11 is 5.99. The Kier molecular flexibility index (Phi) is 5.71. The van der Waals surface area contributed by atoms with E-state index >= 15 is 0 Å². The zero-order chi connectivity index (χ0) is 15.3. The summed E-state index contributed by atoms with van der Waals surface area (Å²) in [5.74, 6) is 0. The number of hydrogen-bond donors (Lipinski definition) is 0. The molecule has 0 N–H and O–H groups in total. The fourth-order valence-corrected chi connectivity index (χ4v) is 3.30. The standard InChI is InChI=1S/C16H24ClN3O/c1-16(2,12-20-9-4-3-5-10-20)11-14-13(15(17)19-21)7-6-8-18-14/h6-8,15H,3-5,9-12H2,1-2H3. The normalized spacial score (nSPS) is 18.4. The molecular formula is C16H24ClN3O. The molecular weight excluding hydrogens is 286 g/mol. The molecule has 0 amide bonds. The average molecular weight is 310 g/mol. The maximum absolute atomic E-state index is 10.7. The molecule has 0 aromatic carbocycles. The Hall–Kier alpha value is -1.00. The number of piperidine rings is 1. The molecule has 1 aliphatic rings. The van der Waals surface area contributed by atoms with Gasteiger partial charge < -0.3 is 4.90 Å². The molecule has 5 heteroatoms. The predicted molar refractivity (Wildman–Crippen MR) is 86.4 cm³/mol. The van der Waals surface area contributed by atoms with Crippen molar-refractivity contribution >= 4 is 11.6 Å². The SMILES string of the molecule is CC(C)(Cc1ncccc1C(Cl)N=O)CN1CCCCC1. The highest BCUT2D eigenvalue weighted by Crippen LogP contribution is 2.30. The number of alkyl halides is 1. The third-order valence-corrected chi connectivity index (χ3v) is 4.34. The lowest BCUT2D eigenvalue weighted by atomic mass is 9.85. The summed E-state index contributed by atoms with van der Waals surface area (Å²) in [5.41, 5.74) is 0.874. The van der Waals surface area contributed by atoms with Gasteiger partial charge in [0.1, 0.15) is 0 Å². The number of nitrogens with zero attached hydrogens (tertiary/aromatic N) is 3. The third kappa shape index (κ3) is 4.75. The number of rotatable bonds is 6. The zero-order valence-electron chi connectivity index (χ0n) is 12.9. The van der Waals surface area contributed by atoms with E-state index in [1.54, 1.807) is 12.3 Å². The maximum atomic E-state index is 10.7. The molecule has 0 bridgehead atoms. The van der Waals surface area contributed by atoms with Gasteiger partial charge in [0.25, 0.3) is 0 Å². The molecule has 1 unspecified atom stereocenters. The smallest absolute Gasteiger partial charge is 0.192 e. The van der Waals surface area contributed by atoms with Gasteiger partial charge in [0.15, 0.2) is 5.50 Å². The lowest BCUT2D eigenvalue weighted by Crippen LogP contribution is -2.39. The van der Waals surface area contributed by atoms with Crippen molar-refractivity contribution in [2.24, 2.45) is 10.6 Å². The lowest BCUT2D eigenvalue weighted by molar-refractivity contribution is 0.151. The van der Waals surface area contributed by atoms with Crippen LogP contribution in [-0.4, -0.2) is 29.5 Å². The quantitative estimate of drug-likeness (QED) is 0.451. The Morgan fingerprint density at radius 3 is 2.76 bits per heavy atom. The van der Waals surface area contributed by atoms with Crippen LogP contribution in [0.25, 0.3) is 0 Å². The topological polar surface area (TPSA) is 45.6 Å². The van der Waals surface area contributed by atoms with Gasteiger partial charge in [0.05, 0.1) is 0 Å². The van der Waals surface area contributed by atoms with Crippen molar-refractivity contribution in [3.8, 4) is 0 Å². The van der Waals surface area contributed by atoms with Gasteiger partial charge in [-0.15, -0.1) is 4.91 Å². The van der Waals surface area contributed by atoms with Gasteiger partial charge in [0.2, 0.25) is 0 Å². The molecule has 2 heterocycles. The number of nitroso groups, excluding NO2 is 1. The Balaban J connectivity index is 2.06. The van der Waals surface area contributed by atoms with Crippen molar-refractivity contribution in [3.05, 3.63) is 34.5 Å². The highest BCUT2D eigenvalue weighted by Gasteiger charge is 2.26. The van der Waals surface area contributed by atoms with E-state index in [2.05, 4.69) is 28.9 Å². The van der Waals surface area contributed by atoms with Crippen LogP contribution in [0.2, 0.25) is 0 Å². The Bertz CT molecular complexity index is 472. The van der Waals surface area contributed by atoms with Crippen molar-refractivity contribution < 1.29 is 0 Å². The summed E-state index contributed by atoms with van der Waals surface area (Å²) in [4.78, 5) is 17.7. The van der Waals surface area contributed by atoms with Crippen LogP contribution in [0.15, 0.2) is 23.5 Å². The summed E-state index contributed by atoms with van der Waals surface area (Å²) < 4.78 is 0. The number of likely N-dealkylation sites (tertiary alicyclic amines) is 1. The van der Waals surface area contributed by atoms with Crippen LogP contribution < -0.4 is 0 Å². The van der Waals surface area contributed by atoms with E-state index in [-0.39, 0.29) is 5.41 Å². The van der Waals surface area contributed by atoms with Gasteiger partial charge >= 0.3 is 0 Å². The highest BCUT2D eigenvalue weighted by molar-refractivity contribution is 6.20. The van der Waals surface area contributed by atoms with E-state index < -0.39 is 5.50 Å². The molecule has 1 aromatic rings. The molecule has 0 aliphatic carbocycles. The number of aromatic nitrogens is 1. The van der Waals surface area contributed by atoms with Crippen molar-refractivity contribution in [2.75, 3.05) is 19.6 Å². The number of hydrogen-bond acceptors (Lipinski definition) is 4. The molecule has 2 rings (SSSR count). The Morgan fingerprint density at radius 2 is 2.10 bits per heavy atom. The Morgan fingerprint density at radius 1 is 1.38 bits per heavy atom. The molecule has 4 nitrogen and oxygen atoms in total. The minimum absolute atomic E-state index is 0.0972. The first-order valence-corrected chi connectivity index (χ1v) is 8.08. The molecule has 1 aromatic heterocycles. The van der Waals surface area contributed by atoms with Gasteiger partial charge in [-0.1, -0.05) is 37.9 Å². The van der Waals surface area contributed by atoms with E-state index in [1.165, 1.54) is 32.4 Å². The van der Waals surface area contributed by atoms with Crippen molar-refractivity contribution in [2.45, 2.75) is 45.0 Å². The average Bonchev–Trinajstić information content (AvgIpc) is 2.47. The van der Waals surface area contributed by atoms with Gasteiger partial charge in [-0.05, 0) is 49.0 Å². The van der Waals surface area contributed by atoms with Crippen LogP contribution >= 0.6 is 11.6 Å². The second-order valence-corrected chi connectivity index (χ2v) is 7.07. The summed E-state index contributed by atoms with van der Waals surface area (Å²) in [7, 11) is 0. The third-order valence-electron chi connectivity index (χ3n) is 4.02. The van der Waals surface area contributed by atoms with Gasteiger partial charge in [-0.25, -0.2) is 0 Å². The fourth-order valence-electron chi connectivity index (χ4n) is 3.10. The monoisotopic (exact) mass is 309 g/mol. The molecule has 116 valence electrons. The van der Waals surface area contributed by atoms with Crippen LogP contribution in [-0.2, 0) is 6.42 Å². The maximum Gasteiger partial charge on any atom is 0.192 e. The van der Waals surface area contributed by atoms with Gasteiger partial charge in [-0.3, -0.25) is 4.98 Å². The van der Waals surface area contributed by atoms with E-state index in [0.29, 0.717) is 0 Å². The van der Waals surface area contributed by atoms with E-state index in [9.17, 15) is 4.91 Å². The van der Waals surface area contributed by atoms with Crippen LogP contribution in [0.3, 0.4) is 0 Å². The number of pyridine rings is 1. The van der Waals surface area contributed by atoms with E-state index in [4.69, 9.17) is 11.6 Å². The molecule has 21 heavy (non-hydrogen) atoms. The molecule has 0 spiro atoms. The largest absolute Gasteiger partial charge is 0.303 e. The van der Waals surface area contributed by atoms with Crippen LogP contribution in [0.4, 0.5) is 0 Å². The van der Waals surface area contributed by atoms with Gasteiger partial charge in [-0.2, -0.15) is 0 Å². The van der Waals surface area contributed by atoms with Crippen molar-refractivity contribution in [1.29, 1.82) is 0 Å². The van der Waals surface area contributed by atoms with Crippen LogP contribution in [0.1, 0.15) is 49.9 Å². The minimum Gasteiger partial charge on any atom is -0.303 e. The van der Waals surface area contributed by atoms with Crippen molar-refractivity contribution in [3.63, 3.8) is 0 Å².